The van der Waals surface area contributed by atoms with E-state index in [0.717, 1.165) is 61.9 Å². The summed E-state index contributed by atoms with van der Waals surface area (Å²) >= 11 is 6.44. The van der Waals surface area contributed by atoms with Gasteiger partial charge in [0, 0.05) is 54.9 Å². The standard InChI is InChI=1S/C23H27ClN6O/c24-19-13-26-23(28-22(19)18-12-25-20-7-3-2-6-17(18)20)27-16-8-11-29(14-16)15-21(31)30-9-4-1-5-10-30/h2-3,6-7,12-13,16,25H,1,4-5,8-11,14-15H2,(H,26,27,28)/t16-/m1/s1. The number of H-pyrrole nitrogens is 1. The van der Waals surface area contributed by atoms with Crippen molar-refractivity contribution in [2.24, 2.45) is 0 Å². The average molecular weight is 439 g/mol. The van der Waals surface area contributed by atoms with E-state index in [-0.39, 0.29) is 11.9 Å². The molecule has 2 saturated heterocycles. The van der Waals surface area contributed by atoms with Crippen molar-refractivity contribution < 1.29 is 4.79 Å². The Kier molecular flexibility index (Phi) is 5.78. The highest BCUT2D eigenvalue weighted by atomic mass is 35.5. The average Bonchev–Trinajstić information content (AvgIpc) is 3.42. The molecule has 2 aromatic heterocycles. The van der Waals surface area contributed by atoms with Crippen LogP contribution in [-0.4, -0.2) is 69.4 Å². The summed E-state index contributed by atoms with van der Waals surface area (Å²) < 4.78 is 0. The number of likely N-dealkylation sites (tertiary alicyclic amines) is 2. The first kappa shape index (κ1) is 20.3. The first-order valence-electron chi connectivity index (χ1n) is 11.0. The van der Waals surface area contributed by atoms with Crippen LogP contribution in [-0.2, 0) is 4.79 Å². The van der Waals surface area contributed by atoms with Crippen molar-refractivity contribution in [1.82, 2.24) is 24.8 Å². The molecule has 8 heteroatoms. The van der Waals surface area contributed by atoms with Gasteiger partial charge in [-0.2, -0.15) is 0 Å². The number of piperidine rings is 1. The molecule has 162 valence electrons. The largest absolute Gasteiger partial charge is 0.360 e. The molecule has 2 aliphatic rings. The monoisotopic (exact) mass is 438 g/mol. The third kappa shape index (κ3) is 4.38. The second-order valence-electron chi connectivity index (χ2n) is 8.44. The zero-order valence-electron chi connectivity index (χ0n) is 17.5. The van der Waals surface area contributed by atoms with Crippen LogP contribution in [0.5, 0.6) is 0 Å². The zero-order chi connectivity index (χ0) is 21.2. The lowest BCUT2D eigenvalue weighted by Crippen LogP contribution is -2.42. The van der Waals surface area contributed by atoms with E-state index in [2.05, 4.69) is 26.3 Å². The number of benzene rings is 1. The molecular formula is C23H27ClN6O. The number of halogens is 1. The summed E-state index contributed by atoms with van der Waals surface area (Å²) in [5.74, 6) is 0.823. The number of carbonyl (C=O) groups excluding carboxylic acids is 1. The number of nitrogens with zero attached hydrogens (tertiary/aromatic N) is 4. The van der Waals surface area contributed by atoms with Crippen LogP contribution in [0.15, 0.2) is 36.7 Å². The van der Waals surface area contributed by atoms with Gasteiger partial charge in [0.1, 0.15) is 0 Å². The summed E-state index contributed by atoms with van der Waals surface area (Å²) in [4.78, 5) is 29.2. The first-order chi connectivity index (χ1) is 15.2. The van der Waals surface area contributed by atoms with E-state index in [4.69, 9.17) is 16.6 Å². The van der Waals surface area contributed by atoms with Crippen molar-refractivity contribution in [2.45, 2.75) is 31.7 Å². The highest BCUT2D eigenvalue weighted by Crippen LogP contribution is 2.32. The van der Waals surface area contributed by atoms with Crippen LogP contribution >= 0.6 is 11.6 Å². The van der Waals surface area contributed by atoms with E-state index in [1.54, 1.807) is 6.20 Å². The number of aromatic amines is 1. The fourth-order valence-electron chi connectivity index (χ4n) is 4.60. The van der Waals surface area contributed by atoms with Crippen LogP contribution in [0.25, 0.3) is 22.2 Å². The summed E-state index contributed by atoms with van der Waals surface area (Å²) in [5.41, 5.74) is 2.73. The van der Waals surface area contributed by atoms with E-state index < -0.39 is 0 Å². The number of para-hydroxylation sites is 1. The Morgan fingerprint density at radius 2 is 2.03 bits per heavy atom. The maximum Gasteiger partial charge on any atom is 0.236 e. The number of nitrogens with one attached hydrogen (secondary N) is 2. The molecule has 5 rings (SSSR count). The Labute approximate surface area is 186 Å². The van der Waals surface area contributed by atoms with Gasteiger partial charge in [0.15, 0.2) is 0 Å². The summed E-state index contributed by atoms with van der Waals surface area (Å²) in [6, 6.07) is 8.31. The molecule has 4 heterocycles. The van der Waals surface area contributed by atoms with Gasteiger partial charge >= 0.3 is 0 Å². The highest BCUT2D eigenvalue weighted by Gasteiger charge is 2.27. The molecule has 2 fully saturated rings. The maximum absolute atomic E-state index is 12.6. The fraction of sp³-hybridized carbons (Fsp3) is 0.435. The van der Waals surface area contributed by atoms with Crippen molar-refractivity contribution in [3.8, 4) is 11.3 Å². The van der Waals surface area contributed by atoms with Crippen molar-refractivity contribution in [2.75, 3.05) is 38.0 Å². The molecule has 0 saturated carbocycles. The molecule has 1 amide bonds. The van der Waals surface area contributed by atoms with Crippen molar-refractivity contribution in [3.63, 3.8) is 0 Å². The predicted molar refractivity (Wildman–Crippen MR) is 123 cm³/mol. The smallest absolute Gasteiger partial charge is 0.236 e. The normalized spacial score (nSPS) is 19.8. The van der Waals surface area contributed by atoms with E-state index in [9.17, 15) is 4.79 Å². The van der Waals surface area contributed by atoms with Gasteiger partial charge in [0.25, 0.3) is 0 Å². The van der Waals surface area contributed by atoms with E-state index in [1.165, 1.54) is 6.42 Å². The topological polar surface area (TPSA) is 77.1 Å². The zero-order valence-corrected chi connectivity index (χ0v) is 18.2. The van der Waals surface area contributed by atoms with E-state index in [0.29, 0.717) is 23.2 Å². The summed E-state index contributed by atoms with van der Waals surface area (Å²) in [5, 5.41) is 5.05. The Morgan fingerprint density at radius 1 is 1.19 bits per heavy atom. The number of hydrogen-bond acceptors (Lipinski definition) is 5. The molecule has 31 heavy (non-hydrogen) atoms. The SMILES string of the molecule is O=C(CN1CC[C@@H](Nc2ncc(Cl)c(-c3c[nH]c4ccccc34)n2)C1)N1CCCCC1. The molecule has 1 atom stereocenters. The van der Waals surface area contributed by atoms with Gasteiger partial charge < -0.3 is 15.2 Å². The van der Waals surface area contributed by atoms with Gasteiger partial charge in [-0.25, -0.2) is 9.97 Å². The van der Waals surface area contributed by atoms with Crippen LogP contribution in [0, 0.1) is 0 Å². The number of aromatic nitrogens is 3. The van der Waals surface area contributed by atoms with Crippen molar-refractivity contribution in [1.29, 1.82) is 0 Å². The molecule has 3 aromatic rings. The van der Waals surface area contributed by atoms with Gasteiger partial charge in [-0.1, -0.05) is 29.8 Å². The Hall–Kier alpha value is -2.64. The molecule has 0 aliphatic carbocycles. The Morgan fingerprint density at radius 3 is 2.90 bits per heavy atom. The quantitative estimate of drug-likeness (QED) is 0.634. The summed E-state index contributed by atoms with van der Waals surface area (Å²) in [6.45, 7) is 4.03. The van der Waals surface area contributed by atoms with Crippen LogP contribution < -0.4 is 5.32 Å². The number of carbonyl (C=O) groups is 1. The molecule has 1 aromatic carbocycles. The van der Waals surface area contributed by atoms with Gasteiger partial charge in [0.2, 0.25) is 11.9 Å². The molecular weight excluding hydrogens is 412 g/mol. The molecule has 7 nitrogen and oxygen atoms in total. The van der Waals surface area contributed by atoms with Crippen molar-refractivity contribution >= 4 is 34.4 Å². The minimum atomic E-state index is 0.214. The number of fused-ring (bicyclic) bond motifs is 1. The second-order valence-corrected chi connectivity index (χ2v) is 8.85. The highest BCUT2D eigenvalue weighted by molar-refractivity contribution is 6.33. The Balaban J connectivity index is 1.25. The number of hydrogen-bond donors (Lipinski definition) is 2. The molecule has 2 aliphatic heterocycles. The molecule has 0 radical (unpaired) electrons. The lowest BCUT2D eigenvalue weighted by atomic mass is 10.1. The molecule has 2 N–H and O–H groups in total. The van der Waals surface area contributed by atoms with Crippen LogP contribution in [0.3, 0.4) is 0 Å². The van der Waals surface area contributed by atoms with E-state index in [1.807, 2.05) is 29.3 Å². The first-order valence-corrected chi connectivity index (χ1v) is 11.4. The van der Waals surface area contributed by atoms with Gasteiger partial charge in [-0.3, -0.25) is 9.69 Å². The number of rotatable bonds is 5. The molecule has 0 unspecified atom stereocenters. The van der Waals surface area contributed by atoms with Crippen LogP contribution in [0.4, 0.5) is 5.95 Å². The maximum atomic E-state index is 12.6. The molecule has 0 bridgehead atoms. The minimum Gasteiger partial charge on any atom is -0.360 e. The van der Waals surface area contributed by atoms with Crippen LogP contribution in [0.1, 0.15) is 25.7 Å². The summed E-state index contributed by atoms with van der Waals surface area (Å²) in [7, 11) is 0. The summed E-state index contributed by atoms with van der Waals surface area (Å²) in [6.07, 6.45) is 8.04. The molecule has 0 spiro atoms. The lowest BCUT2D eigenvalue weighted by molar-refractivity contribution is -0.133. The van der Waals surface area contributed by atoms with Crippen LogP contribution in [0.2, 0.25) is 5.02 Å². The third-order valence-electron chi connectivity index (χ3n) is 6.26. The number of amides is 1. The van der Waals surface area contributed by atoms with Gasteiger partial charge in [0.05, 0.1) is 23.5 Å². The second kappa shape index (κ2) is 8.85. The lowest BCUT2D eigenvalue weighted by Gasteiger charge is -2.28. The fourth-order valence-corrected chi connectivity index (χ4v) is 4.80. The third-order valence-corrected chi connectivity index (χ3v) is 6.54. The van der Waals surface area contributed by atoms with Gasteiger partial charge in [-0.15, -0.1) is 0 Å². The van der Waals surface area contributed by atoms with Crippen molar-refractivity contribution in [3.05, 3.63) is 41.7 Å². The van der Waals surface area contributed by atoms with E-state index >= 15 is 0 Å². The Bertz CT molecular complexity index is 1080. The number of anilines is 1. The minimum absolute atomic E-state index is 0.214. The predicted octanol–water partition coefficient (Wildman–Crippen LogP) is 3.78. The van der Waals surface area contributed by atoms with Gasteiger partial charge in [-0.05, 0) is 31.7 Å².